The SMILES string of the molecule is [O]CCc1ccc(N[S+]([O-])c2ccccc2)cc1. The van der Waals surface area contributed by atoms with Gasteiger partial charge in [0.1, 0.15) is 11.4 Å². The second-order valence-electron chi connectivity index (χ2n) is 3.83. The third-order valence-electron chi connectivity index (χ3n) is 2.51. The fourth-order valence-electron chi connectivity index (χ4n) is 1.57. The molecule has 0 saturated heterocycles. The summed E-state index contributed by atoms with van der Waals surface area (Å²) in [6, 6.07) is 16.7. The molecule has 0 saturated carbocycles. The summed E-state index contributed by atoms with van der Waals surface area (Å²) in [5.74, 6) is 0. The lowest BCUT2D eigenvalue weighted by Gasteiger charge is -2.11. The van der Waals surface area contributed by atoms with E-state index in [0.29, 0.717) is 6.42 Å². The van der Waals surface area contributed by atoms with Gasteiger partial charge in [0, 0.05) is 0 Å². The van der Waals surface area contributed by atoms with Gasteiger partial charge in [0.25, 0.3) is 0 Å². The first-order valence-corrected chi connectivity index (χ1v) is 6.85. The average molecular weight is 260 g/mol. The molecule has 2 aromatic rings. The lowest BCUT2D eigenvalue weighted by Crippen LogP contribution is -2.12. The van der Waals surface area contributed by atoms with Crippen LogP contribution < -0.4 is 4.72 Å². The van der Waals surface area contributed by atoms with Gasteiger partial charge in [-0.3, -0.25) is 0 Å². The van der Waals surface area contributed by atoms with Crippen LogP contribution in [0, 0.1) is 0 Å². The highest BCUT2D eigenvalue weighted by Crippen LogP contribution is 2.16. The average Bonchev–Trinajstić information content (AvgIpc) is 2.42. The minimum atomic E-state index is -1.26. The molecular formula is C14H14NO2S. The Morgan fingerprint density at radius 1 is 1.00 bits per heavy atom. The quantitative estimate of drug-likeness (QED) is 0.840. The molecule has 1 radical (unpaired) electrons. The van der Waals surface area contributed by atoms with Crippen molar-refractivity contribution < 1.29 is 9.66 Å². The Bertz CT molecular complexity index is 473. The van der Waals surface area contributed by atoms with Gasteiger partial charge in [-0.2, -0.15) is 0 Å². The summed E-state index contributed by atoms with van der Waals surface area (Å²) in [6.45, 7) is -0.108. The van der Waals surface area contributed by atoms with Crippen LogP contribution in [0.15, 0.2) is 59.5 Å². The summed E-state index contributed by atoms with van der Waals surface area (Å²) in [6.07, 6.45) is 0.530. The van der Waals surface area contributed by atoms with Crippen molar-refractivity contribution in [1.29, 1.82) is 0 Å². The zero-order chi connectivity index (χ0) is 12.8. The van der Waals surface area contributed by atoms with Gasteiger partial charge < -0.3 is 4.55 Å². The molecule has 2 rings (SSSR count). The van der Waals surface area contributed by atoms with Gasteiger partial charge >= 0.3 is 0 Å². The first-order valence-electron chi connectivity index (χ1n) is 5.70. The van der Waals surface area contributed by atoms with Crippen molar-refractivity contribution in [3.05, 3.63) is 60.2 Å². The van der Waals surface area contributed by atoms with Crippen LogP contribution in [-0.4, -0.2) is 11.2 Å². The van der Waals surface area contributed by atoms with Crippen molar-refractivity contribution in [2.45, 2.75) is 11.3 Å². The Labute approximate surface area is 110 Å². The largest absolute Gasteiger partial charge is 0.588 e. The maximum Gasteiger partial charge on any atom is 0.179 e. The second kappa shape index (κ2) is 6.44. The molecule has 0 spiro atoms. The molecule has 1 atom stereocenters. The van der Waals surface area contributed by atoms with E-state index in [4.69, 9.17) is 0 Å². The van der Waals surface area contributed by atoms with E-state index in [9.17, 15) is 9.66 Å². The van der Waals surface area contributed by atoms with Crippen LogP contribution in [-0.2, 0) is 22.9 Å². The third kappa shape index (κ3) is 3.50. The smallest absolute Gasteiger partial charge is 0.179 e. The van der Waals surface area contributed by atoms with Gasteiger partial charge in [-0.25, -0.2) is 9.83 Å². The molecule has 0 bridgehead atoms. The molecule has 3 nitrogen and oxygen atoms in total. The summed E-state index contributed by atoms with van der Waals surface area (Å²) >= 11 is -1.26. The summed E-state index contributed by atoms with van der Waals surface area (Å²) < 4.78 is 14.9. The van der Waals surface area contributed by atoms with E-state index in [1.807, 2.05) is 54.6 Å². The zero-order valence-corrected chi connectivity index (χ0v) is 10.7. The maximum atomic E-state index is 12.0. The number of anilines is 1. The minimum Gasteiger partial charge on any atom is -0.588 e. The molecule has 0 aliphatic heterocycles. The van der Waals surface area contributed by atoms with E-state index in [2.05, 4.69) is 4.72 Å². The highest BCUT2D eigenvalue weighted by Gasteiger charge is 2.10. The summed E-state index contributed by atoms with van der Waals surface area (Å²) in [7, 11) is 0. The third-order valence-corrected chi connectivity index (χ3v) is 3.63. The molecule has 0 heterocycles. The Morgan fingerprint density at radius 3 is 2.28 bits per heavy atom. The monoisotopic (exact) mass is 260 g/mol. The van der Waals surface area contributed by atoms with E-state index < -0.39 is 11.4 Å². The molecule has 0 fully saturated rings. The lowest BCUT2D eigenvalue weighted by atomic mass is 10.1. The van der Waals surface area contributed by atoms with Gasteiger partial charge in [-0.1, -0.05) is 30.3 Å². The fourth-order valence-corrected chi connectivity index (χ4v) is 2.44. The lowest BCUT2D eigenvalue weighted by molar-refractivity contribution is 0.197. The van der Waals surface area contributed by atoms with Crippen LogP contribution in [0.1, 0.15) is 5.56 Å². The predicted octanol–water partition coefficient (Wildman–Crippen LogP) is 2.79. The summed E-state index contributed by atoms with van der Waals surface area (Å²) in [5.41, 5.74) is 1.79. The van der Waals surface area contributed by atoms with Gasteiger partial charge in [0.05, 0.1) is 12.3 Å². The summed E-state index contributed by atoms with van der Waals surface area (Å²) in [5, 5.41) is 10.5. The molecule has 93 valence electrons. The number of nitrogens with one attached hydrogen (secondary N) is 1. The van der Waals surface area contributed by atoms with Crippen LogP contribution in [0.4, 0.5) is 5.69 Å². The number of hydrogen-bond donors (Lipinski definition) is 1. The first-order chi connectivity index (χ1) is 8.79. The van der Waals surface area contributed by atoms with E-state index in [0.717, 1.165) is 16.1 Å². The Balaban J connectivity index is 2.01. The molecule has 1 N–H and O–H groups in total. The van der Waals surface area contributed by atoms with E-state index in [1.54, 1.807) is 0 Å². The molecule has 4 heteroatoms. The van der Waals surface area contributed by atoms with E-state index in [-0.39, 0.29) is 6.61 Å². The van der Waals surface area contributed by atoms with Crippen molar-refractivity contribution >= 4 is 17.0 Å². The van der Waals surface area contributed by atoms with Gasteiger partial charge in [-0.05, 0) is 36.2 Å². The predicted molar refractivity (Wildman–Crippen MR) is 72.2 cm³/mol. The van der Waals surface area contributed by atoms with Crippen molar-refractivity contribution in [2.24, 2.45) is 0 Å². The van der Waals surface area contributed by atoms with E-state index in [1.165, 1.54) is 0 Å². The summed E-state index contributed by atoms with van der Waals surface area (Å²) in [4.78, 5) is 0.737. The van der Waals surface area contributed by atoms with Gasteiger partial charge in [0.15, 0.2) is 4.90 Å². The van der Waals surface area contributed by atoms with Gasteiger partial charge in [0.2, 0.25) is 0 Å². The Hall–Kier alpha value is -1.49. The number of benzene rings is 2. The topological polar surface area (TPSA) is 55.0 Å². The molecule has 0 aliphatic rings. The molecule has 0 amide bonds. The van der Waals surface area contributed by atoms with Crippen LogP contribution >= 0.6 is 0 Å². The van der Waals surface area contributed by atoms with Crippen LogP contribution in [0.5, 0.6) is 0 Å². The Kier molecular flexibility index (Phi) is 4.64. The van der Waals surface area contributed by atoms with Gasteiger partial charge in [-0.15, -0.1) is 0 Å². The molecule has 18 heavy (non-hydrogen) atoms. The molecule has 2 aromatic carbocycles. The molecule has 1 unspecified atom stereocenters. The molecule has 0 aliphatic carbocycles. The standard InChI is InChI=1S/C14H14NO2S/c16-11-10-12-6-8-13(9-7-12)15-18(17)14-4-2-1-3-5-14/h1-9,15H,10-11H2. The van der Waals surface area contributed by atoms with Crippen molar-refractivity contribution in [1.82, 2.24) is 0 Å². The van der Waals surface area contributed by atoms with Crippen LogP contribution in [0.2, 0.25) is 0 Å². The number of hydrogen-bond acceptors (Lipinski definition) is 2. The highest BCUT2D eigenvalue weighted by atomic mass is 32.2. The Morgan fingerprint density at radius 2 is 1.67 bits per heavy atom. The van der Waals surface area contributed by atoms with Crippen LogP contribution in [0.3, 0.4) is 0 Å². The van der Waals surface area contributed by atoms with E-state index >= 15 is 0 Å². The van der Waals surface area contributed by atoms with Crippen molar-refractivity contribution in [2.75, 3.05) is 11.3 Å². The number of rotatable bonds is 5. The normalized spacial score (nSPS) is 12.1. The molecular weight excluding hydrogens is 246 g/mol. The fraction of sp³-hybridized carbons (Fsp3) is 0.143. The minimum absolute atomic E-state index is 0.108. The first kappa shape index (κ1) is 13.0. The van der Waals surface area contributed by atoms with Crippen molar-refractivity contribution in [3.8, 4) is 0 Å². The zero-order valence-electron chi connectivity index (χ0n) is 9.84. The highest BCUT2D eigenvalue weighted by molar-refractivity contribution is 7.92. The second-order valence-corrected chi connectivity index (χ2v) is 5.05. The molecule has 0 aromatic heterocycles. The van der Waals surface area contributed by atoms with Crippen molar-refractivity contribution in [3.63, 3.8) is 0 Å². The maximum absolute atomic E-state index is 12.0. The van der Waals surface area contributed by atoms with Crippen LogP contribution in [0.25, 0.3) is 0 Å².